The van der Waals surface area contributed by atoms with Crippen LogP contribution in [0, 0.1) is 5.92 Å². The van der Waals surface area contributed by atoms with E-state index in [0.717, 1.165) is 25.8 Å². The number of nitrogens with zero attached hydrogens (tertiary/aromatic N) is 3. The van der Waals surface area contributed by atoms with E-state index in [9.17, 15) is 13.2 Å². The summed E-state index contributed by atoms with van der Waals surface area (Å²) in [7, 11) is -3.01. The summed E-state index contributed by atoms with van der Waals surface area (Å²) >= 11 is 0. The molecule has 0 radical (unpaired) electrons. The molecule has 2 aliphatic rings. The van der Waals surface area contributed by atoms with Crippen LogP contribution in [0.15, 0.2) is 18.5 Å². The minimum Gasteiger partial charge on any atom is -0.338 e. The summed E-state index contributed by atoms with van der Waals surface area (Å²) in [5, 5.41) is 4.21. The highest BCUT2D eigenvalue weighted by atomic mass is 32.2. The maximum Gasteiger partial charge on any atom is 0.227 e. The van der Waals surface area contributed by atoms with Gasteiger partial charge in [-0.15, -0.1) is 0 Å². The van der Waals surface area contributed by atoms with Crippen molar-refractivity contribution in [1.29, 1.82) is 0 Å². The molecule has 7 heteroatoms. The second kappa shape index (κ2) is 5.79. The maximum atomic E-state index is 12.7. The summed E-state index contributed by atoms with van der Waals surface area (Å²) in [6.45, 7) is 1.43. The van der Waals surface area contributed by atoms with Crippen molar-refractivity contribution in [3.63, 3.8) is 0 Å². The number of hydrogen-bond acceptors (Lipinski definition) is 4. The lowest BCUT2D eigenvalue weighted by Crippen LogP contribution is -2.48. The average Bonchev–Trinajstić information content (AvgIpc) is 3.08. The Balaban J connectivity index is 1.70. The van der Waals surface area contributed by atoms with Crippen LogP contribution in [-0.2, 0) is 21.2 Å². The van der Waals surface area contributed by atoms with E-state index in [-0.39, 0.29) is 29.4 Å². The number of hydrogen-bond donors (Lipinski definition) is 0. The van der Waals surface area contributed by atoms with Gasteiger partial charge < -0.3 is 4.90 Å². The minimum atomic E-state index is -3.01. The van der Waals surface area contributed by atoms with Gasteiger partial charge in [-0.3, -0.25) is 9.48 Å². The van der Waals surface area contributed by atoms with Gasteiger partial charge in [0.05, 0.1) is 30.0 Å². The van der Waals surface area contributed by atoms with Crippen LogP contribution in [0.2, 0.25) is 0 Å². The Kier molecular flexibility index (Phi) is 4.01. The fourth-order valence-corrected chi connectivity index (χ4v) is 5.06. The lowest BCUT2D eigenvalue weighted by atomic mass is 9.98. The number of rotatable bonds is 3. The van der Waals surface area contributed by atoms with Gasteiger partial charge >= 0.3 is 0 Å². The van der Waals surface area contributed by atoms with Crippen molar-refractivity contribution in [2.45, 2.75) is 38.3 Å². The summed E-state index contributed by atoms with van der Waals surface area (Å²) in [6.07, 6.45) is 7.19. The SMILES string of the molecule is O=C([C@H]1CCS(=O)(=O)C1)N1CCCC[C@H]1Cn1cccn1. The summed E-state index contributed by atoms with van der Waals surface area (Å²) < 4.78 is 25.0. The molecule has 2 aliphatic heterocycles. The second-order valence-corrected chi connectivity index (χ2v) is 8.24. The first kappa shape index (κ1) is 14.6. The quantitative estimate of drug-likeness (QED) is 0.824. The molecule has 0 N–H and O–H groups in total. The number of likely N-dealkylation sites (tertiary alicyclic amines) is 1. The summed E-state index contributed by atoms with van der Waals surface area (Å²) in [5.74, 6) is -0.140. The molecule has 1 amide bonds. The van der Waals surface area contributed by atoms with Crippen molar-refractivity contribution in [2.24, 2.45) is 5.92 Å². The summed E-state index contributed by atoms with van der Waals surface area (Å²) in [6, 6.07) is 2.01. The molecule has 3 rings (SSSR count). The number of carbonyl (C=O) groups excluding carboxylic acids is 1. The number of aromatic nitrogens is 2. The van der Waals surface area contributed by atoms with Crippen LogP contribution in [0.1, 0.15) is 25.7 Å². The molecule has 0 saturated carbocycles. The van der Waals surface area contributed by atoms with Crippen LogP contribution in [0.4, 0.5) is 0 Å². The first-order valence-electron chi connectivity index (χ1n) is 7.53. The van der Waals surface area contributed by atoms with E-state index < -0.39 is 9.84 Å². The van der Waals surface area contributed by atoms with E-state index >= 15 is 0 Å². The molecule has 1 aromatic heterocycles. The van der Waals surface area contributed by atoms with Gasteiger partial charge in [0, 0.05) is 18.9 Å². The van der Waals surface area contributed by atoms with Crippen LogP contribution in [0.5, 0.6) is 0 Å². The monoisotopic (exact) mass is 311 g/mol. The Morgan fingerprint density at radius 1 is 1.29 bits per heavy atom. The van der Waals surface area contributed by atoms with Crippen molar-refractivity contribution in [1.82, 2.24) is 14.7 Å². The molecule has 1 aromatic rings. The molecule has 2 atom stereocenters. The third-order valence-corrected chi connectivity index (χ3v) is 6.22. The van der Waals surface area contributed by atoms with E-state index in [4.69, 9.17) is 0 Å². The third kappa shape index (κ3) is 3.28. The zero-order valence-electron chi connectivity index (χ0n) is 12.0. The zero-order chi connectivity index (χ0) is 14.9. The van der Waals surface area contributed by atoms with Crippen LogP contribution >= 0.6 is 0 Å². The van der Waals surface area contributed by atoms with Gasteiger partial charge in [0.25, 0.3) is 0 Å². The molecule has 2 saturated heterocycles. The summed E-state index contributed by atoms with van der Waals surface area (Å²) in [4.78, 5) is 14.6. The fourth-order valence-electron chi connectivity index (χ4n) is 3.33. The molecule has 3 heterocycles. The lowest BCUT2D eigenvalue weighted by Gasteiger charge is -2.37. The van der Waals surface area contributed by atoms with E-state index in [1.165, 1.54) is 0 Å². The van der Waals surface area contributed by atoms with Gasteiger partial charge in [0.1, 0.15) is 0 Å². The smallest absolute Gasteiger partial charge is 0.227 e. The van der Waals surface area contributed by atoms with Crippen LogP contribution < -0.4 is 0 Å². The number of sulfone groups is 1. The Labute approximate surface area is 125 Å². The van der Waals surface area contributed by atoms with Gasteiger partial charge in [0.15, 0.2) is 9.84 Å². The van der Waals surface area contributed by atoms with E-state index in [0.29, 0.717) is 13.0 Å². The molecule has 2 fully saturated rings. The minimum absolute atomic E-state index is 0.0212. The largest absolute Gasteiger partial charge is 0.338 e. The van der Waals surface area contributed by atoms with Crippen molar-refractivity contribution in [3.8, 4) is 0 Å². The Morgan fingerprint density at radius 2 is 2.14 bits per heavy atom. The molecule has 21 heavy (non-hydrogen) atoms. The van der Waals surface area contributed by atoms with Crippen molar-refractivity contribution >= 4 is 15.7 Å². The second-order valence-electron chi connectivity index (χ2n) is 6.01. The Bertz CT molecular complexity index is 597. The molecule has 0 unspecified atom stereocenters. The predicted molar refractivity (Wildman–Crippen MR) is 78.3 cm³/mol. The number of amides is 1. The van der Waals surface area contributed by atoms with Crippen LogP contribution in [0.25, 0.3) is 0 Å². The molecule has 6 nitrogen and oxygen atoms in total. The van der Waals surface area contributed by atoms with Gasteiger partial charge in [-0.25, -0.2) is 8.42 Å². The Hall–Kier alpha value is -1.37. The van der Waals surface area contributed by atoms with E-state index in [1.807, 2.05) is 21.8 Å². The molecular weight excluding hydrogens is 290 g/mol. The van der Waals surface area contributed by atoms with Gasteiger partial charge in [0.2, 0.25) is 5.91 Å². The fraction of sp³-hybridized carbons (Fsp3) is 0.714. The van der Waals surface area contributed by atoms with Crippen LogP contribution in [0.3, 0.4) is 0 Å². The van der Waals surface area contributed by atoms with Gasteiger partial charge in [-0.2, -0.15) is 5.10 Å². The van der Waals surface area contributed by atoms with Gasteiger partial charge in [-0.05, 0) is 31.7 Å². The first-order chi connectivity index (χ1) is 10.1. The highest BCUT2D eigenvalue weighted by molar-refractivity contribution is 7.91. The third-order valence-electron chi connectivity index (χ3n) is 4.45. The predicted octanol–water partition coefficient (Wildman–Crippen LogP) is 0.699. The van der Waals surface area contributed by atoms with Crippen molar-refractivity contribution in [2.75, 3.05) is 18.1 Å². The maximum absolute atomic E-state index is 12.7. The first-order valence-corrected chi connectivity index (χ1v) is 9.36. The zero-order valence-corrected chi connectivity index (χ0v) is 12.8. The van der Waals surface area contributed by atoms with Crippen molar-refractivity contribution < 1.29 is 13.2 Å². The van der Waals surface area contributed by atoms with E-state index in [2.05, 4.69) is 5.10 Å². The van der Waals surface area contributed by atoms with Crippen LogP contribution in [-0.4, -0.2) is 53.1 Å². The van der Waals surface area contributed by atoms with Crippen molar-refractivity contribution in [3.05, 3.63) is 18.5 Å². The number of carbonyl (C=O) groups is 1. The molecular formula is C14H21N3O3S. The number of piperidine rings is 1. The molecule has 0 aromatic carbocycles. The average molecular weight is 311 g/mol. The highest BCUT2D eigenvalue weighted by Crippen LogP contribution is 2.26. The summed E-state index contributed by atoms with van der Waals surface area (Å²) in [5.41, 5.74) is 0. The topological polar surface area (TPSA) is 72.3 Å². The lowest BCUT2D eigenvalue weighted by molar-refractivity contribution is -0.138. The van der Waals surface area contributed by atoms with E-state index in [1.54, 1.807) is 6.20 Å². The molecule has 116 valence electrons. The normalized spacial score (nSPS) is 28.7. The highest BCUT2D eigenvalue weighted by Gasteiger charge is 2.38. The standard InChI is InChI=1S/C14H21N3O3S/c18-14(12-5-9-21(19,20)11-12)17-8-2-1-4-13(17)10-16-7-3-6-15-16/h3,6-7,12-13H,1-2,4-5,8-11H2/t12-,13-/m0/s1. The molecule has 0 bridgehead atoms. The van der Waals surface area contributed by atoms with Gasteiger partial charge in [-0.1, -0.05) is 0 Å². The Morgan fingerprint density at radius 3 is 2.81 bits per heavy atom. The molecule has 0 aliphatic carbocycles. The molecule has 0 spiro atoms.